The van der Waals surface area contributed by atoms with Crippen molar-refractivity contribution >= 4 is 33.0 Å². The zero-order valence-electron chi connectivity index (χ0n) is 10.5. The molecule has 0 aromatic heterocycles. The van der Waals surface area contributed by atoms with E-state index in [1.54, 1.807) is 0 Å². The number of halogens is 2. The van der Waals surface area contributed by atoms with E-state index in [1.165, 1.54) is 49.5 Å². The second-order valence-electron chi connectivity index (χ2n) is 4.13. The normalized spacial score (nSPS) is 11.3. The van der Waals surface area contributed by atoms with Gasteiger partial charge in [0.15, 0.2) is 0 Å². The largest absolute Gasteiger partial charge is 0.398 e. The third-order valence-electron chi connectivity index (χ3n) is 2.80. The van der Waals surface area contributed by atoms with Gasteiger partial charge in [-0.3, -0.25) is 4.31 Å². The minimum absolute atomic E-state index is 0.0475. The first-order chi connectivity index (χ1) is 9.32. The van der Waals surface area contributed by atoms with E-state index in [-0.39, 0.29) is 10.6 Å². The van der Waals surface area contributed by atoms with Gasteiger partial charge < -0.3 is 5.73 Å². The Hall–Kier alpha value is -1.79. The van der Waals surface area contributed by atoms with Gasteiger partial charge in [-0.05, 0) is 42.5 Å². The Kier molecular flexibility index (Phi) is 3.87. The number of benzene rings is 2. The highest BCUT2D eigenvalue weighted by Gasteiger charge is 2.23. The molecule has 0 spiro atoms. The highest BCUT2D eigenvalue weighted by molar-refractivity contribution is 7.93. The summed E-state index contributed by atoms with van der Waals surface area (Å²) >= 11 is 5.75. The topological polar surface area (TPSA) is 63.4 Å². The summed E-state index contributed by atoms with van der Waals surface area (Å²) in [5, 5.41) is 0.353. The fourth-order valence-corrected chi connectivity index (χ4v) is 3.16. The molecule has 4 nitrogen and oxygen atoms in total. The fourth-order valence-electron chi connectivity index (χ4n) is 1.69. The minimum atomic E-state index is -3.83. The first kappa shape index (κ1) is 14.6. The summed E-state index contributed by atoms with van der Waals surface area (Å²) < 4.78 is 38.8. The molecule has 2 aromatic carbocycles. The number of rotatable bonds is 3. The van der Waals surface area contributed by atoms with Crippen molar-refractivity contribution in [3.8, 4) is 0 Å². The van der Waals surface area contributed by atoms with Gasteiger partial charge in [0.05, 0.1) is 11.4 Å². The number of hydrogen-bond acceptors (Lipinski definition) is 3. The molecule has 0 amide bonds. The zero-order valence-corrected chi connectivity index (χ0v) is 12.1. The average Bonchev–Trinajstić information content (AvgIpc) is 2.38. The summed E-state index contributed by atoms with van der Waals surface area (Å²) in [7, 11) is -2.45. The van der Waals surface area contributed by atoms with Crippen LogP contribution in [0, 0.1) is 5.82 Å². The van der Waals surface area contributed by atoms with Crippen molar-refractivity contribution in [1.82, 2.24) is 0 Å². The highest BCUT2D eigenvalue weighted by Crippen LogP contribution is 2.27. The van der Waals surface area contributed by atoms with Gasteiger partial charge in [0.1, 0.15) is 10.7 Å². The van der Waals surface area contributed by atoms with Gasteiger partial charge in [-0.2, -0.15) is 0 Å². The van der Waals surface area contributed by atoms with Crippen LogP contribution in [0.5, 0.6) is 0 Å². The van der Waals surface area contributed by atoms with E-state index in [0.29, 0.717) is 10.7 Å². The number of sulfonamides is 1. The Morgan fingerprint density at radius 2 is 1.75 bits per heavy atom. The molecule has 0 aliphatic rings. The fraction of sp³-hybridized carbons (Fsp3) is 0.0769. The smallest absolute Gasteiger partial charge is 0.266 e. The standard InChI is InChI=1S/C13H12ClFN2O2S/c1-17(11-5-3-10(15)4-6-11)20(18,19)13-7-2-9(14)8-12(13)16/h2-8H,16H2,1H3. The quantitative estimate of drug-likeness (QED) is 0.886. The first-order valence-corrected chi connectivity index (χ1v) is 7.43. The SMILES string of the molecule is CN(c1ccc(F)cc1)S(=O)(=O)c1ccc(Cl)cc1N. The molecule has 2 aromatic rings. The van der Waals surface area contributed by atoms with Crippen molar-refractivity contribution in [2.24, 2.45) is 0 Å². The van der Waals surface area contributed by atoms with E-state index in [1.807, 2.05) is 0 Å². The maximum Gasteiger partial charge on any atom is 0.266 e. The van der Waals surface area contributed by atoms with Crippen LogP contribution in [0.15, 0.2) is 47.4 Å². The summed E-state index contributed by atoms with van der Waals surface area (Å²) in [6.45, 7) is 0. The lowest BCUT2D eigenvalue weighted by atomic mass is 10.3. The van der Waals surface area contributed by atoms with Gasteiger partial charge in [-0.1, -0.05) is 11.6 Å². The van der Waals surface area contributed by atoms with E-state index in [0.717, 1.165) is 4.31 Å². The average molecular weight is 315 g/mol. The number of anilines is 2. The van der Waals surface area contributed by atoms with Crippen molar-refractivity contribution in [2.75, 3.05) is 17.1 Å². The lowest BCUT2D eigenvalue weighted by Gasteiger charge is -2.20. The van der Waals surface area contributed by atoms with Crippen molar-refractivity contribution in [3.05, 3.63) is 53.3 Å². The van der Waals surface area contributed by atoms with Gasteiger partial charge in [0.2, 0.25) is 0 Å². The van der Waals surface area contributed by atoms with E-state index in [9.17, 15) is 12.8 Å². The number of nitrogen functional groups attached to an aromatic ring is 1. The Morgan fingerprint density at radius 3 is 2.30 bits per heavy atom. The van der Waals surface area contributed by atoms with Gasteiger partial charge in [-0.15, -0.1) is 0 Å². The third kappa shape index (κ3) is 2.71. The zero-order chi connectivity index (χ0) is 14.9. The Morgan fingerprint density at radius 1 is 1.15 bits per heavy atom. The van der Waals surface area contributed by atoms with E-state index < -0.39 is 15.8 Å². The Labute approximate surface area is 121 Å². The molecular formula is C13H12ClFN2O2S. The first-order valence-electron chi connectivity index (χ1n) is 5.62. The van der Waals surface area contributed by atoms with Crippen molar-refractivity contribution < 1.29 is 12.8 Å². The van der Waals surface area contributed by atoms with Crippen molar-refractivity contribution in [3.63, 3.8) is 0 Å². The Balaban J connectivity index is 2.46. The van der Waals surface area contributed by atoms with Gasteiger partial charge >= 0.3 is 0 Å². The summed E-state index contributed by atoms with van der Waals surface area (Å²) in [4.78, 5) is -0.0475. The van der Waals surface area contributed by atoms with Crippen molar-refractivity contribution in [2.45, 2.75) is 4.90 Å². The molecule has 0 aliphatic carbocycles. The molecule has 20 heavy (non-hydrogen) atoms. The molecule has 7 heteroatoms. The molecule has 0 aliphatic heterocycles. The van der Waals surface area contributed by atoms with Gasteiger partial charge in [0.25, 0.3) is 10.0 Å². The number of nitrogens with two attached hydrogens (primary N) is 1. The number of hydrogen-bond donors (Lipinski definition) is 1. The third-order valence-corrected chi connectivity index (χ3v) is 4.90. The molecule has 0 heterocycles. The molecule has 0 radical (unpaired) electrons. The van der Waals surface area contributed by atoms with Crippen LogP contribution in [-0.4, -0.2) is 15.5 Å². The lowest BCUT2D eigenvalue weighted by Crippen LogP contribution is -2.27. The predicted octanol–water partition coefficient (Wildman–Crippen LogP) is 2.89. The van der Waals surface area contributed by atoms with Crippen LogP contribution in [0.2, 0.25) is 5.02 Å². The van der Waals surface area contributed by atoms with Crippen LogP contribution in [-0.2, 0) is 10.0 Å². The van der Waals surface area contributed by atoms with E-state index in [2.05, 4.69) is 0 Å². The molecule has 2 rings (SSSR count). The Bertz CT molecular complexity index is 733. The summed E-state index contributed by atoms with van der Waals surface area (Å²) in [6.07, 6.45) is 0. The molecular weight excluding hydrogens is 303 g/mol. The number of nitrogens with zero attached hydrogens (tertiary/aromatic N) is 1. The van der Waals surface area contributed by atoms with Crippen LogP contribution in [0.25, 0.3) is 0 Å². The molecule has 0 saturated carbocycles. The van der Waals surface area contributed by atoms with E-state index >= 15 is 0 Å². The van der Waals surface area contributed by atoms with Gasteiger partial charge in [-0.25, -0.2) is 12.8 Å². The highest BCUT2D eigenvalue weighted by atomic mass is 35.5. The predicted molar refractivity (Wildman–Crippen MR) is 77.9 cm³/mol. The molecule has 2 N–H and O–H groups in total. The van der Waals surface area contributed by atoms with Crippen LogP contribution in [0.1, 0.15) is 0 Å². The molecule has 0 bridgehead atoms. The minimum Gasteiger partial charge on any atom is -0.398 e. The molecule has 0 saturated heterocycles. The van der Waals surface area contributed by atoms with Gasteiger partial charge in [0, 0.05) is 12.1 Å². The summed E-state index contributed by atoms with van der Waals surface area (Å²) in [5.74, 6) is -0.439. The van der Waals surface area contributed by atoms with Crippen LogP contribution >= 0.6 is 11.6 Å². The summed E-state index contributed by atoms with van der Waals surface area (Å²) in [6, 6.07) is 9.28. The lowest BCUT2D eigenvalue weighted by molar-refractivity contribution is 0.594. The summed E-state index contributed by atoms with van der Waals surface area (Å²) in [5.41, 5.74) is 6.09. The molecule has 0 atom stereocenters. The second kappa shape index (κ2) is 5.30. The second-order valence-corrected chi connectivity index (χ2v) is 6.51. The van der Waals surface area contributed by atoms with Crippen LogP contribution in [0.3, 0.4) is 0 Å². The molecule has 0 fully saturated rings. The monoisotopic (exact) mass is 314 g/mol. The molecule has 0 unspecified atom stereocenters. The van der Waals surface area contributed by atoms with E-state index in [4.69, 9.17) is 17.3 Å². The maximum atomic E-state index is 12.9. The maximum absolute atomic E-state index is 12.9. The van der Waals surface area contributed by atoms with Crippen LogP contribution in [0.4, 0.5) is 15.8 Å². The van der Waals surface area contributed by atoms with Crippen molar-refractivity contribution in [1.29, 1.82) is 0 Å². The van der Waals surface area contributed by atoms with Crippen LogP contribution < -0.4 is 10.0 Å². The molecule has 106 valence electrons.